The zero-order valence-electron chi connectivity index (χ0n) is 16.8. The van der Waals surface area contributed by atoms with E-state index in [0.29, 0.717) is 6.42 Å². The van der Waals surface area contributed by atoms with Crippen molar-refractivity contribution in [3.63, 3.8) is 0 Å². The zero-order chi connectivity index (χ0) is 22.6. The number of sulfonamides is 1. The molecule has 1 amide bonds. The lowest BCUT2D eigenvalue weighted by Crippen LogP contribution is -2.38. The van der Waals surface area contributed by atoms with E-state index in [2.05, 4.69) is 10.3 Å². The summed E-state index contributed by atoms with van der Waals surface area (Å²) in [6.45, 7) is 1.80. The van der Waals surface area contributed by atoms with Crippen LogP contribution in [-0.4, -0.2) is 48.2 Å². The van der Waals surface area contributed by atoms with Crippen molar-refractivity contribution in [3.05, 3.63) is 59.9 Å². The van der Waals surface area contributed by atoms with Crippen LogP contribution in [0.2, 0.25) is 0 Å². The molecule has 0 aliphatic carbocycles. The van der Waals surface area contributed by atoms with Crippen molar-refractivity contribution < 1.29 is 32.6 Å². The van der Waals surface area contributed by atoms with Crippen LogP contribution in [0.1, 0.15) is 25.3 Å². The van der Waals surface area contributed by atoms with Crippen LogP contribution in [0.4, 0.5) is 10.6 Å². The van der Waals surface area contributed by atoms with E-state index in [-0.39, 0.29) is 34.2 Å². The van der Waals surface area contributed by atoms with E-state index in [9.17, 15) is 18.0 Å². The Kier molecular flexibility index (Phi) is 6.44. The standard InChI is InChI=1S/C20H21N3O7S/c1-3-8-16(30-20(25)26)29-18-13-9-4-5-10-14(13)31(27,28)23(2)17(18)19(24)22-15-11-6-7-12-21-15/h4-7,9-12,16H,3,8H2,1-2H3,(H,25,26)(H,21,22,24). The van der Waals surface area contributed by atoms with Gasteiger partial charge in [0.15, 0.2) is 11.5 Å². The molecule has 2 N–H and O–H groups in total. The molecule has 1 unspecified atom stereocenters. The lowest BCUT2D eigenvalue weighted by atomic mass is 10.1. The van der Waals surface area contributed by atoms with E-state index in [1.807, 2.05) is 0 Å². The molecule has 0 saturated carbocycles. The van der Waals surface area contributed by atoms with Crippen LogP contribution in [-0.2, 0) is 24.3 Å². The largest absolute Gasteiger partial charge is 0.508 e. The summed E-state index contributed by atoms with van der Waals surface area (Å²) in [4.78, 5) is 28.1. The van der Waals surface area contributed by atoms with Gasteiger partial charge in [0.05, 0.1) is 4.90 Å². The highest BCUT2D eigenvalue weighted by Crippen LogP contribution is 2.38. The number of anilines is 1. The van der Waals surface area contributed by atoms with Gasteiger partial charge in [0.25, 0.3) is 15.9 Å². The second kappa shape index (κ2) is 9.04. The van der Waals surface area contributed by atoms with Crippen LogP contribution in [0.5, 0.6) is 0 Å². The van der Waals surface area contributed by atoms with Gasteiger partial charge in [-0.05, 0) is 30.7 Å². The summed E-state index contributed by atoms with van der Waals surface area (Å²) in [6.07, 6.45) is -0.600. The Bertz CT molecular complexity index is 1120. The lowest BCUT2D eigenvalue weighted by molar-refractivity contribution is -0.114. The fourth-order valence-electron chi connectivity index (χ4n) is 3.02. The Morgan fingerprint density at radius 3 is 2.55 bits per heavy atom. The van der Waals surface area contributed by atoms with Gasteiger partial charge in [0.2, 0.25) is 6.29 Å². The van der Waals surface area contributed by atoms with Crippen LogP contribution in [0.25, 0.3) is 5.76 Å². The number of ether oxygens (including phenoxy) is 2. The van der Waals surface area contributed by atoms with Crippen molar-refractivity contribution in [2.24, 2.45) is 0 Å². The summed E-state index contributed by atoms with van der Waals surface area (Å²) in [7, 11) is -2.84. The Morgan fingerprint density at radius 2 is 1.90 bits per heavy atom. The molecular weight excluding hydrogens is 426 g/mol. The van der Waals surface area contributed by atoms with Crippen molar-refractivity contribution in [2.75, 3.05) is 12.4 Å². The lowest BCUT2D eigenvalue weighted by Gasteiger charge is -2.31. The average Bonchev–Trinajstić information content (AvgIpc) is 2.72. The number of nitrogens with one attached hydrogen (secondary N) is 1. The molecule has 31 heavy (non-hydrogen) atoms. The number of hydrogen-bond acceptors (Lipinski definition) is 7. The molecular formula is C20H21N3O7S. The maximum absolute atomic E-state index is 13.1. The number of fused-ring (bicyclic) bond motifs is 1. The minimum absolute atomic E-state index is 0.0764. The number of carbonyl (C=O) groups is 2. The molecule has 0 fully saturated rings. The number of nitrogens with zero attached hydrogens (tertiary/aromatic N) is 2. The monoisotopic (exact) mass is 447 g/mol. The summed E-state index contributed by atoms with van der Waals surface area (Å²) in [5, 5.41) is 11.6. The zero-order valence-corrected chi connectivity index (χ0v) is 17.6. The molecule has 1 aromatic carbocycles. The maximum Gasteiger partial charge on any atom is 0.508 e. The van der Waals surface area contributed by atoms with Gasteiger partial charge >= 0.3 is 6.16 Å². The topological polar surface area (TPSA) is 135 Å². The number of hydrogen-bond donors (Lipinski definition) is 2. The van der Waals surface area contributed by atoms with Crippen LogP contribution in [0, 0.1) is 0 Å². The molecule has 0 radical (unpaired) electrons. The highest BCUT2D eigenvalue weighted by molar-refractivity contribution is 7.89. The molecule has 10 nitrogen and oxygen atoms in total. The minimum Gasteiger partial charge on any atom is -0.452 e. The van der Waals surface area contributed by atoms with Gasteiger partial charge in [-0.1, -0.05) is 25.1 Å². The van der Waals surface area contributed by atoms with Gasteiger partial charge in [0.1, 0.15) is 5.82 Å². The summed E-state index contributed by atoms with van der Waals surface area (Å²) < 4.78 is 37.4. The van der Waals surface area contributed by atoms with Crippen LogP contribution in [0.3, 0.4) is 0 Å². The predicted molar refractivity (Wildman–Crippen MR) is 110 cm³/mol. The molecule has 0 saturated heterocycles. The average molecular weight is 447 g/mol. The van der Waals surface area contributed by atoms with E-state index in [1.165, 1.54) is 37.5 Å². The molecule has 11 heteroatoms. The number of aromatic nitrogens is 1. The Morgan fingerprint density at radius 1 is 1.19 bits per heavy atom. The smallest absolute Gasteiger partial charge is 0.452 e. The number of rotatable bonds is 7. The highest BCUT2D eigenvalue weighted by atomic mass is 32.2. The van der Waals surface area contributed by atoms with Crippen molar-refractivity contribution in [1.29, 1.82) is 0 Å². The quantitative estimate of drug-likeness (QED) is 0.489. The first kappa shape index (κ1) is 22.1. The van der Waals surface area contributed by atoms with Crippen molar-refractivity contribution in [1.82, 2.24) is 9.29 Å². The molecule has 2 heterocycles. The van der Waals surface area contributed by atoms with Gasteiger partial charge in [-0.2, -0.15) is 0 Å². The summed E-state index contributed by atoms with van der Waals surface area (Å²) in [5.41, 5.74) is -0.193. The first-order chi connectivity index (χ1) is 14.8. The van der Waals surface area contributed by atoms with E-state index < -0.39 is 28.4 Å². The third-order valence-corrected chi connectivity index (χ3v) is 6.24. The summed E-state index contributed by atoms with van der Waals surface area (Å²) >= 11 is 0. The molecule has 2 aromatic rings. The van der Waals surface area contributed by atoms with Gasteiger partial charge in [-0.15, -0.1) is 0 Å². The number of amides is 1. The predicted octanol–water partition coefficient (Wildman–Crippen LogP) is 2.86. The minimum atomic E-state index is -4.05. The van der Waals surface area contributed by atoms with Crippen LogP contribution < -0.4 is 5.32 Å². The van der Waals surface area contributed by atoms with Crippen molar-refractivity contribution >= 4 is 33.7 Å². The maximum atomic E-state index is 13.1. The van der Waals surface area contributed by atoms with E-state index in [0.717, 1.165) is 4.31 Å². The van der Waals surface area contributed by atoms with Crippen LogP contribution in [0.15, 0.2) is 59.3 Å². The molecule has 1 aliphatic rings. The molecule has 3 rings (SSSR count). The van der Waals surface area contributed by atoms with Gasteiger partial charge in [-0.25, -0.2) is 18.2 Å². The highest BCUT2D eigenvalue weighted by Gasteiger charge is 2.40. The Balaban J connectivity index is 2.14. The first-order valence-corrected chi connectivity index (χ1v) is 10.8. The van der Waals surface area contributed by atoms with Gasteiger partial charge in [-0.3, -0.25) is 9.10 Å². The van der Waals surface area contributed by atoms with Crippen LogP contribution >= 0.6 is 0 Å². The van der Waals surface area contributed by atoms with E-state index >= 15 is 0 Å². The Labute approximate surface area is 179 Å². The fourth-order valence-corrected chi connectivity index (χ4v) is 4.41. The molecule has 164 valence electrons. The second-order valence-electron chi connectivity index (χ2n) is 6.54. The normalized spacial score (nSPS) is 15.6. The molecule has 1 atom stereocenters. The Hall–Kier alpha value is -3.60. The SMILES string of the molecule is CCCC(OC(=O)O)OC1=C(C(=O)Nc2ccccn2)N(C)S(=O)(=O)c2ccccc21. The van der Waals surface area contributed by atoms with Gasteiger partial charge in [0, 0.05) is 25.2 Å². The second-order valence-corrected chi connectivity index (χ2v) is 8.47. The molecule has 1 aromatic heterocycles. The number of pyridine rings is 1. The third kappa shape index (κ3) is 4.61. The van der Waals surface area contributed by atoms with Crippen molar-refractivity contribution in [2.45, 2.75) is 31.0 Å². The van der Waals surface area contributed by atoms with Crippen molar-refractivity contribution in [3.8, 4) is 0 Å². The fraction of sp³-hybridized carbons (Fsp3) is 0.250. The van der Waals surface area contributed by atoms with E-state index in [1.54, 1.807) is 25.1 Å². The number of carbonyl (C=O) groups excluding carboxylic acids is 1. The number of benzene rings is 1. The van der Waals surface area contributed by atoms with Gasteiger partial charge < -0.3 is 19.9 Å². The molecule has 0 spiro atoms. The summed E-state index contributed by atoms with van der Waals surface area (Å²) in [5.74, 6) is -0.697. The first-order valence-electron chi connectivity index (χ1n) is 9.37. The summed E-state index contributed by atoms with van der Waals surface area (Å²) in [6, 6.07) is 10.8. The number of likely N-dealkylation sites (N-methyl/N-ethyl adjacent to an activating group) is 1. The number of carboxylic acid groups (broad SMARTS) is 1. The molecule has 0 bridgehead atoms. The molecule has 1 aliphatic heterocycles. The van der Waals surface area contributed by atoms with E-state index in [4.69, 9.17) is 14.6 Å². The third-order valence-electron chi connectivity index (χ3n) is 4.43.